The molecule has 1 N–H and O–H groups in total. The van der Waals surface area contributed by atoms with Crippen LogP contribution in [0, 0.1) is 6.92 Å². The average molecular weight is 202 g/mol. The Morgan fingerprint density at radius 2 is 2.07 bits per heavy atom. The van der Waals surface area contributed by atoms with E-state index in [1.165, 1.54) is 0 Å². The second-order valence-electron chi connectivity index (χ2n) is 3.46. The summed E-state index contributed by atoms with van der Waals surface area (Å²) in [5, 5.41) is 4.20. The van der Waals surface area contributed by atoms with Gasteiger partial charge in [0.05, 0.1) is 12.6 Å². The van der Waals surface area contributed by atoms with Crippen LogP contribution in [0.5, 0.6) is 5.75 Å². The normalized spacial score (nSPS) is 10.3. The van der Waals surface area contributed by atoms with Crippen LogP contribution in [0.1, 0.15) is 5.56 Å². The highest BCUT2D eigenvalue weighted by Gasteiger charge is 2.02. The minimum Gasteiger partial charge on any atom is -0.497 e. The van der Waals surface area contributed by atoms with E-state index >= 15 is 0 Å². The first-order valence-electron chi connectivity index (χ1n) is 4.87. The maximum atomic E-state index is 5.17. The molecule has 15 heavy (non-hydrogen) atoms. The van der Waals surface area contributed by atoms with Crippen LogP contribution < -0.4 is 10.1 Å². The van der Waals surface area contributed by atoms with E-state index in [2.05, 4.69) is 16.4 Å². The highest BCUT2D eigenvalue weighted by molar-refractivity contribution is 5.82. The lowest BCUT2D eigenvalue weighted by Gasteiger charge is -2.07. The van der Waals surface area contributed by atoms with Gasteiger partial charge < -0.3 is 10.1 Å². The molecule has 1 aromatic heterocycles. The molecule has 0 unspecified atom stereocenters. The molecule has 0 amide bonds. The molecule has 0 radical (unpaired) electrons. The highest BCUT2D eigenvalue weighted by atomic mass is 16.5. The predicted octanol–water partition coefficient (Wildman–Crippen LogP) is 2.59. The first kappa shape index (κ1) is 9.77. The van der Waals surface area contributed by atoms with Gasteiger partial charge in [-0.3, -0.25) is 0 Å². The van der Waals surface area contributed by atoms with Crippen molar-refractivity contribution in [1.82, 2.24) is 4.98 Å². The molecule has 0 aliphatic rings. The van der Waals surface area contributed by atoms with Crippen molar-refractivity contribution in [3.8, 4) is 5.75 Å². The quantitative estimate of drug-likeness (QED) is 0.812. The summed E-state index contributed by atoms with van der Waals surface area (Å²) in [7, 11) is 3.54. The fourth-order valence-electron chi connectivity index (χ4n) is 1.63. The lowest BCUT2D eigenvalue weighted by atomic mass is 10.1. The van der Waals surface area contributed by atoms with Gasteiger partial charge in [0, 0.05) is 18.5 Å². The molecular formula is C12H14N2O. The Labute approximate surface area is 89.1 Å². The van der Waals surface area contributed by atoms with Gasteiger partial charge >= 0.3 is 0 Å². The molecule has 1 aromatic carbocycles. The first-order valence-corrected chi connectivity index (χ1v) is 4.87. The third-order valence-corrected chi connectivity index (χ3v) is 2.45. The van der Waals surface area contributed by atoms with Crippen LogP contribution in [0.2, 0.25) is 0 Å². The van der Waals surface area contributed by atoms with Crippen molar-refractivity contribution in [2.45, 2.75) is 6.92 Å². The number of benzene rings is 1. The van der Waals surface area contributed by atoms with Gasteiger partial charge in [-0.05, 0) is 30.7 Å². The predicted molar refractivity (Wildman–Crippen MR) is 62.6 cm³/mol. The summed E-state index contributed by atoms with van der Waals surface area (Å²) < 4.78 is 5.17. The number of rotatable bonds is 2. The molecule has 0 spiro atoms. The highest BCUT2D eigenvalue weighted by Crippen LogP contribution is 2.23. The molecule has 78 valence electrons. The second-order valence-corrected chi connectivity index (χ2v) is 3.46. The minimum absolute atomic E-state index is 0.834. The van der Waals surface area contributed by atoms with E-state index in [9.17, 15) is 0 Å². The Bertz CT molecular complexity index is 494. The number of aromatic nitrogens is 1. The number of methoxy groups -OCH3 is 1. The fourth-order valence-corrected chi connectivity index (χ4v) is 1.63. The topological polar surface area (TPSA) is 34.2 Å². The van der Waals surface area contributed by atoms with E-state index in [1.807, 2.05) is 32.2 Å². The van der Waals surface area contributed by atoms with Crippen LogP contribution in [0.25, 0.3) is 10.9 Å². The number of aryl methyl sites for hydroxylation is 1. The summed E-state index contributed by atoms with van der Waals surface area (Å²) >= 11 is 0. The lowest BCUT2D eigenvalue weighted by Crippen LogP contribution is -1.96. The molecule has 2 rings (SSSR count). The summed E-state index contributed by atoms with van der Waals surface area (Å²) in [6, 6.07) is 8.03. The van der Waals surface area contributed by atoms with Gasteiger partial charge in [-0.25, -0.2) is 4.98 Å². The number of anilines is 1. The third kappa shape index (κ3) is 1.73. The molecule has 0 bridgehead atoms. The molecule has 2 aromatic rings. The number of pyridine rings is 1. The van der Waals surface area contributed by atoms with E-state index in [4.69, 9.17) is 4.74 Å². The summed E-state index contributed by atoms with van der Waals surface area (Å²) in [5.41, 5.74) is 2.10. The van der Waals surface area contributed by atoms with Gasteiger partial charge in [0.2, 0.25) is 0 Å². The number of nitrogens with one attached hydrogen (secondary N) is 1. The van der Waals surface area contributed by atoms with E-state index in [1.54, 1.807) is 7.11 Å². The summed E-state index contributed by atoms with van der Waals surface area (Å²) in [4.78, 5) is 4.51. The zero-order valence-electron chi connectivity index (χ0n) is 9.16. The first-order chi connectivity index (χ1) is 7.24. The van der Waals surface area contributed by atoms with Gasteiger partial charge in [-0.1, -0.05) is 0 Å². The van der Waals surface area contributed by atoms with Gasteiger partial charge in [-0.15, -0.1) is 0 Å². The molecule has 0 aliphatic heterocycles. The van der Waals surface area contributed by atoms with Crippen LogP contribution in [-0.2, 0) is 0 Å². The zero-order chi connectivity index (χ0) is 10.8. The van der Waals surface area contributed by atoms with Crippen LogP contribution >= 0.6 is 0 Å². The summed E-state index contributed by atoms with van der Waals surface area (Å²) in [6.07, 6.45) is 0. The van der Waals surface area contributed by atoms with Gasteiger partial charge in [0.25, 0.3) is 0 Å². The SMILES string of the molecule is CNc1nc2cc(OC)ccc2cc1C. The fraction of sp³-hybridized carbons (Fsp3) is 0.250. The van der Waals surface area contributed by atoms with E-state index in [0.717, 1.165) is 28.0 Å². The second kappa shape index (κ2) is 3.77. The zero-order valence-corrected chi connectivity index (χ0v) is 9.16. The smallest absolute Gasteiger partial charge is 0.129 e. The molecular weight excluding hydrogens is 188 g/mol. The largest absolute Gasteiger partial charge is 0.497 e. The summed E-state index contributed by atoms with van der Waals surface area (Å²) in [6.45, 7) is 2.04. The molecule has 3 nitrogen and oxygen atoms in total. The van der Waals surface area contributed by atoms with Gasteiger partial charge in [-0.2, -0.15) is 0 Å². The monoisotopic (exact) mass is 202 g/mol. The Hall–Kier alpha value is -1.77. The molecule has 0 fully saturated rings. The van der Waals surface area contributed by atoms with Crippen molar-refractivity contribution >= 4 is 16.7 Å². The molecule has 0 saturated heterocycles. The van der Waals surface area contributed by atoms with Crippen molar-refractivity contribution in [2.24, 2.45) is 0 Å². The van der Waals surface area contributed by atoms with Crippen LogP contribution in [0.15, 0.2) is 24.3 Å². The molecule has 0 aliphatic carbocycles. The van der Waals surface area contributed by atoms with Crippen LogP contribution in [0.3, 0.4) is 0 Å². The van der Waals surface area contributed by atoms with Crippen molar-refractivity contribution in [2.75, 3.05) is 19.5 Å². The Morgan fingerprint density at radius 3 is 2.73 bits per heavy atom. The Balaban J connectivity index is 2.66. The van der Waals surface area contributed by atoms with Crippen molar-refractivity contribution in [3.05, 3.63) is 29.8 Å². The van der Waals surface area contributed by atoms with Crippen molar-refractivity contribution in [3.63, 3.8) is 0 Å². The Morgan fingerprint density at radius 1 is 1.27 bits per heavy atom. The third-order valence-electron chi connectivity index (χ3n) is 2.45. The maximum absolute atomic E-state index is 5.17. The van der Waals surface area contributed by atoms with Crippen LogP contribution in [0.4, 0.5) is 5.82 Å². The standard InChI is InChI=1S/C12H14N2O/c1-8-6-9-4-5-10(15-3)7-11(9)14-12(8)13-2/h4-7H,1-3H3,(H,13,14). The Kier molecular flexibility index (Phi) is 2.46. The molecule has 1 heterocycles. The number of nitrogens with zero attached hydrogens (tertiary/aromatic N) is 1. The average Bonchev–Trinajstić information content (AvgIpc) is 2.27. The van der Waals surface area contributed by atoms with Crippen LogP contribution in [-0.4, -0.2) is 19.1 Å². The number of hydrogen-bond donors (Lipinski definition) is 1. The number of hydrogen-bond acceptors (Lipinski definition) is 3. The maximum Gasteiger partial charge on any atom is 0.129 e. The van der Waals surface area contributed by atoms with Crippen molar-refractivity contribution in [1.29, 1.82) is 0 Å². The van der Waals surface area contributed by atoms with E-state index in [0.29, 0.717) is 0 Å². The van der Waals surface area contributed by atoms with E-state index in [-0.39, 0.29) is 0 Å². The number of ether oxygens (including phenoxy) is 1. The van der Waals surface area contributed by atoms with E-state index < -0.39 is 0 Å². The van der Waals surface area contributed by atoms with Gasteiger partial charge in [0.15, 0.2) is 0 Å². The molecule has 3 heteroatoms. The number of fused-ring (bicyclic) bond motifs is 1. The molecule has 0 atom stereocenters. The summed E-state index contributed by atoms with van der Waals surface area (Å²) in [5.74, 6) is 1.75. The molecule has 0 saturated carbocycles. The van der Waals surface area contributed by atoms with Crippen molar-refractivity contribution < 1.29 is 4.74 Å². The lowest BCUT2D eigenvalue weighted by molar-refractivity contribution is 0.415. The van der Waals surface area contributed by atoms with Gasteiger partial charge in [0.1, 0.15) is 11.6 Å². The minimum atomic E-state index is 0.834.